The van der Waals surface area contributed by atoms with Crippen molar-refractivity contribution in [2.75, 3.05) is 0 Å². The van der Waals surface area contributed by atoms with Crippen LogP contribution in [0.4, 0.5) is 0 Å². The molecule has 0 atom stereocenters. The first kappa shape index (κ1) is 4.98. The van der Waals surface area contributed by atoms with E-state index in [9.17, 15) is 0 Å². The van der Waals surface area contributed by atoms with Crippen LogP contribution >= 0.6 is 0 Å². The molecule has 9 heavy (non-hydrogen) atoms. The van der Waals surface area contributed by atoms with E-state index in [1.165, 1.54) is 0 Å². The van der Waals surface area contributed by atoms with E-state index < -0.39 is 0 Å². The van der Waals surface area contributed by atoms with Gasteiger partial charge in [-0.25, -0.2) is 0 Å². The third-order valence-electron chi connectivity index (χ3n) is 1.25. The van der Waals surface area contributed by atoms with Gasteiger partial charge in [0.15, 0.2) is 0 Å². The molecule has 1 rings (SSSR count). The molecule has 0 saturated heterocycles. The predicted molar refractivity (Wildman–Crippen MR) is 38.3 cm³/mol. The van der Waals surface area contributed by atoms with E-state index in [0.29, 0.717) is 12.1 Å². The standard InChI is InChI=1S/C8H11N/c1-7(2)8-4-3-5-9-6-8/h3-7H,1-2H3/i6T. The normalized spacial score (nSPS) is 11.7. The molecule has 0 aromatic carbocycles. The van der Waals surface area contributed by atoms with Gasteiger partial charge < -0.3 is 0 Å². The maximum Gasteiger partial charge on any atom is 0.0843 e. The lowest BCUT2D eigenvalue weighted by molar-refractivity contribution is 0.858. The zero-order chi connectivity index (χ0) is 7.56. The molecule has 0 fully saturated rings. The number of pyridine rings is 1. The molecule has 0 N–H and O–H groups in total. The lowest BCUT2D eigenvalue weighted by Gasteiger charge is -2.00. The molecule has 0 bridgehead atoms. The van der Waals surface area contributed by atoms with Crippen molar-refractivity contribution < 1.29 is 1.37 Å². The van der Waals surface area contributed by atoms with Gasteiger partial charge in [0, 0.05) is 12.4 Å². The van der Waals surface area contributed by atoms with Crippen LogP contribution in [-0.2, 0) is 0 Å². The first-order valence-corrected chi connectivity index (χ1v) is 3.13. The van der Waals surface area contributed by atoms with Gasteiger partial charge in [-0.05, 0) is 17.5 Å². The second-order valence-electron chi connectivity index (χ2n) is 2.36. The van der Waals surface area contributed by atoms with Crippen molar-refractivity contribution in [3.05, 3.63) is 30.1 Å². The third kappa shape index (κ3) is 1.53. The van der Waals surface area contributed by atoms with Gasteiger partial charge in [0.1, 0.15) is 0 Å². The first-order valence-electron chi connectivity index (χ1n) is 3.63. The highest BCUT2D eigenvalue weighted by Gasteiger charge is 1.94. The second kappa shape index (κ2) is 2.62. The lowest BCUT2D eigenvalue weighted by atomic mass is 10.1. The summed E-state index contributed by atoms with van der Waals surface area (Å²) >= 11 is 0. The van der Waals surface area contributed by atoms with Crippen molar-refractivity contribution in [3.63, 3.8) is 0 Å². The number of hydrogen-bond donors (Lipinski definition) is 0. The first-order chi connectivity index (χ1) is 4.72. The molecule has 0 spiro atoms. The monoisotopic (exact) mass is 123 g/mol. The minimum atomic E-state index is 0.400. The Bertz CT molecular complexity index is 220. The topological polar surface area (TPSA) is 12.9 Å². The molecule has 1 aromatic rings. The number of rotatable bonds is 1. The van der Waals surface area contributed by atoms with E-state index >= 15 is 0 Å². The Morgan fingerprint density at radius 3 is 2.89 bits per heavy atom. The van der Waals surface area contributed by atoms with Gasteiger partial charge >= 0.3 is 0 Å². The van der Waals surface area contributed by atoms with Gasteiger partial charge in [-0.3, -0.25) is 4.98 Å². The summed E-state index contributed by atoms with van der Waals surface area (Å²) in [6, 6.07) is 3.81. The summed E-state index contributed by atoms with van der Waals surface area (Å²) in [6.45, 7) is 4.13. The summed E-state index contributed by atoms with van der Waals surface area (Å²) in [5.41, 5.74) is 1.02. The number of hydrogen-bond acceptors (Lipinski definition) is 1. The Morgan fingerprint density at radius 1 is 1.67 bits per heavy atom. The highest BCUT2D eigenvalue weighted by atomic mass is 14.6. The van der Waals surface area contributed by atoms with Crippen molar-refractivity contribution in [3.8, 4) is 0 Å². The van der Waals surface area contributed by atoms with Crippen LogP contribution in [0.25, 0.3) is 0 Å². The van der Waals surface area contributed by atoms with Crippen LogP contribution in [0, 0.1) is 0 Å². The van der Waals surface area contributed by atoms with Crippen LogP contribution in [0.1, 0.15) is 26.7 Å². The Labute approximate surface area is 57.2 Å². The van der Waals surface area contributed by atoms with Crippen molar-refractivity contribution in [1.29, 1.82) is 0 Å². The highest BCUT2D eigenvalue weighted by molar-refractivity contribution is 5.12. The van der Waals surface area contributed by atoms with Crippen LogP contribution in [0.15, 0.2) is 24.5 Å². The summed E-state index contributed by atoms with van der Waals surface area (Å²) in [5.74, 6) is 0.404. The highest BCUT2D eigenvalue weighted by Crippen LogP contribution is 2.10. The molecule has 1 aromatic heterocycles. The maximum atomic E-state index is 7.39. The molecule has 0 radical (unpaired) electrons. The molecule has 1 nitrogen and oxygen atoms in total. The molecular weight excluding hydrogens is 110 g/mol. The zero-order valence-electron chi connectivity index (χ0n) is 6.76. The van der Waals surface area contributed by atoms with E-state index in [1.807, 2.05) is 12.1 Å². The van der Waals surface area contributed by atoms with Crippen molar-refractivity contribution in [1.82, 2.24) is 4.98 Å². The van der Waals surface area contributed by atoms with E-state index in [-0.39, 0.29) is 0 Å². The van der Waals surface area contributed by atoms with E-state index in [4.69, 9.17) is 1.37 Å². The van der Waals surface area contributed by atoms with Crippen LogP contribution < -0.4 is 0 Å². The van der Waals surface area contributed by atoms with Crippen LogP contribution in [0.2, 0.25) is 0 Å². The zero-order valence-corrected chi connectivity index (χ0v) is 5.76. The molecule has 0 aliphatic carbocycles. The summed E-state index contributed by atoms with van der Waals surface area (Å²) < 4.78 is 7.39. The average molecular weight is 123 g/mol. The van der Waals surface area contributed by atoms with Gasteiger partial charge in [-0.15, -0.1) is 0 Å². The largest absolute Gasteiger partial charge is 0.264 e. The fourth-order valence-corrected chi connectivity index (χ4v) is 0.660. The van der Waals surface area contributed by atoms with Crippen LogP contribution in [0.5, 0.6) is 0 Å². The maximum absolute atomic E-state index is 7.39. The van der Waals surface area contributed by atoms with E-state index in [0.717, 1.165) is 5.56 Å². The number of nitrogens with zero attached hydrogens (tertiary/aromatic N) is 1. The molecule has 0 saturated carbocycles. The molecule has 0 unspecified atom stereocenters. The fraction of sp³-hybridized carbons (Fsp3) is 0.375. The van der Waals surface area contributed by atoms with Gasteiger partial charge in [0.25, 0.3) is 0 Å². The van der Waals surface area contributed by atoms with Crippen molar-refractivity contribution in [2.24, 2.45) is 0 Å². The van der Waals surface area contributed by atoms with Gasteiger partial charge in [-0.2, -0.15) is 0 Å². The summed E-state index contributed by atoms with van der Waals surface area (Å²) in [4.78, 5) is 3.87. The van der Waals surface area contributed by atoms with E-state index in [2.05, 4.69) is 18.8 Å². The quantitative estimate of drug-likeness (QED) is 0.558. The van der Waals surface area contributed by atoms with Crippen molar-refractivity contribution >= 4 is 0 Å². The predicted octanol–water partition coefficient (Wildman–Crippen LogP) is 2.21. The molecule has 0 amide bonds. The summed E-state index contributed by atoms with van der Waals surface area (Å²) in [6.07, 6.45) is 2.05. The van der Waals surface area contributed by atoms with Crippen LogP contribution in [0.3, 0.4) is 0 Å². The molecule has 1 heterocycles. The van der Waals surface area contributed by atoms with Crippen LogP contribution in [-0.4, -0.2) is 4.98 Å². The number of aromatic nitrogens is 1. The van der Waals surface area contributed by atoms with E-state index in [1.54, 1.807) is 6.20 Å². The Balaban J connectivity index is 3.03. The molecule has 48 valence electrons. The fourth-order valence-electron chi connectivity index (χ4n) is 0.660. The minimum absolute atomic E-state index is 0.400. The Morgan fingerprint density at radius 2 is 2.44 bits per heavy atom. The molecule has 0 aliphatic heterocycles. The molecular formula is C8H11N. The SMILES string of the molecule is [3H]c1ncccc1C(C)C. The molecule has 0 aliphatic rings. The summed E-state index contributed by atoms with van der Waals surface area (Å²) in [7, 11) is 0. The lowest BCUT2D eigenvalue weighted by Crippen LogP contribution is -1.85. The summed E-state index contributed by atoms with van der Waals surface area (Å²) in [5, 5.41) is 0. The van der Waals surface area contributed by atoms with Crippen molar-refractivity contribution in [2.45, 2.75) is 19.8 Å². The second-order valence-corrected chi connectivity index (χ2v) is 2.36. The van der Waals surface area contributed by atoms with Gasteiger partial charge in [0.2, 0.25) is 0 Å². The molecule has 1 heteroatoms. The Kier molecular flexibility index (Phi) is 1.45. The Hall–Kier alpha value is -0.850. The average Bonchev–Trinajstić information content (AvgIpc) is 1.88. The minimum Gasteiger partial charge on any atom is -0.264 e. The van der Waals surface area contributed by atoms with Gasteiger partial charge in [0.05, 0.1) is 1.37 Å². The smallest absolute Gasteiger partial charge is 0.0843 e. The third-order valence-corrected chi connectivity index (χ3v) is 1.25. The van der Waals surface area contributed by atoms with Gasteiger partial charge in [-0.1, -0.05) is 19.9 Å².